The number of carbonyl (C=O) groups excluding carboxylic acids is 1. The molecule has 1 heterocycles. The maximum Gasteiger partial charge on any atom is 0.308 e. The second-order valence-corrected chi connectivity index (χ2v) is 3.12. The lowest BCUT2D eigenvalue weighted by Gasteiger charge is -2.33. The van der Waals surface area contributed by atoms with Gasteiger partial charge >= 0.3 is 5.97 Å². The summed E-state index contributed by atoms with van der Waals surface area (Å²) in [5.41, 5.74) is -0.866. The number of cyclic esters (lactones) is 1. The minimum absolute atomic E-state index is 0.0465. The fraction of sp³-hybridized carbons (Fsp3) is 0.857. The van der Waals surface area contributed by atoms with Crippen molar-refractivity contribution in [1.29, 1.82) is 0 Å². The molecular formula is C7H12O3. The van der Waals surface area contributed by atoms with Crippen LogP contribution in [0.1, 0.15) is 20.3 Å². The molecule has 0 spiro atoms. The van der Waals surface area contributed by atoms with Crippen molar-refractivity contribution in [2.45, 2.75) is 25.9 Å². The minimum atomic E-state index is -0.866. The molecule has 0 aromatic carbocycles. The van der Waals surface area contributed by atoms with Crippen LogP contribution in [0.15, 0.2) is 0 Å². The number of carbonyl (C=O) groups is 1. The predicted octanol–water partition coefficient (Wildman–Crippen LogP) is 0.320. The van der Waals surface area contributed by atoms with Crippen LogP contribution in [0.2, 0.25) is 0 Å². The summed E-state index contributed by atoms with van der Waals surface area (Å²) in [6.45, 7) is 3.87. The Morgan fingerprint density at radius 2 is 2.40 bits per heavy atom. The molecule has 1 aliphatic rings. The SMILES string of the molecule is C[C@@H]1COC(=O)C[C@@]1(C)O. The summed E-state index contributed by atoms with van der Waals surface area (Å²) in [6.07, 6.45) is 0.119. The highest BCUT2D eigenvalue weighted by atomic mass is 16.5. The highest BCUT2D eigenvalue weighted by Gasteiger charge is 2.36. The third-order valence-corrected chi connectivity index (χ3v) is 2.06. The first-order chi connectivity index (χ1) is 4.52. The number of esters is 1. The van der Waals surface area contributed by atoms with Crippen LogP contribution in [-0.2, 0) is 9.53 Å². The zero-order valence-electron chi connectivity index (χ0n) is 6.26. The average Bonchev–Trinajstić information content (AvgIpc) is 1.78. The highest BCUT2D eigenvalue weighted by molar-refractivity contribution is 5.71. The van der Waals surface area contributed by atoms with Gasteiger partial charge in [0.25, 0.3) is 0 Å². The molecule has 3 nitrogen and oxygen atoms in total. The first-order valence-electron chi connectivity index (χ1n) is 3.40. The molecule has 1 N–H and O–H groups in total. The Bertz CT molecular complexity index is 151. The van der Waals surface area contributed by atoms with Crippen LogP contribution < -0.4 is 0 Å². The number of hydrogen-bond donors (Lipinski definition) is 1. The molecule has 0 aromatic rings. The van der Waals surface area contributed by atoms with Gasteiger partial charge in [0.15, 0.2) is 0 Å². The van der Waals surface area contributed by atoms with Gasteiger partial charge in [-0.1, -0.05) is 6.92 Å². The molecule has 0 unspecified atom stereocenters. The van der Waals surface area contributed by atoms with Gasteiger partial charge in [0.1, 0.15) is 0 Å². The van der Waals surface area contributed by atoms with Crippen LogP contribution in [0.5, 0.6) is 0 Å². The van der Waals surface area contributed by atoms with E-state index in [1.807, 2.05) is 6.92 Å². The fourth-order valence-electron chi connectivity index (χ4n) is 0.915. The van der Waals surface area contributed by atoms with Gasteiger partial charge in [-0.25, -0.2) is 0 Å². The van der Waals surface area contributed by atoms with E-state index in [-0.39, 0.29) is 18.3 Å². The molecular weight excluding hydrogens is 132 g/mol. The van der Waals surface area contributed by atoms with E-state index in [0.717, 1.165) is 0 Å². The first-order valence-corrected chi connectivity index (χ1v) is 3.40. The third kappa shape index (κ3) is 1.29. The average molecular weight is 144 g/mol. The quantitative estimate of drug-likeness (QED) is 0.498. The Morgan fingerprint density at radius 3 is 2.80 bits per heavy atom. The van der Waals surface area contributed by atoms with Crippen molar-refractivity contribution in [2.24, 2.45) is 5.92 Å². The van der Waals surface area contributed by atoms with Crippen molar-refractivity contribution >= 4 is 5.97 Å². The maximum absolute atomic E-state index is 10.6. The van der Waals surface area contributed by atoms with Crippen molar-refractivity contribution in [3.05, 3.63) is 0 Å². The molecule has 1 saturated heterocycles. The monoisotopic (exact) mass is 144 g/mol. The standard InChI is InChI=1S/C7H12O3/c1-5-4-10-6(8)3-7(5,2)9/h5,9H,3-4H2,1-2H3/t5-,7-/m1/s1. The van der Waals surface area contributed by atoms with Gasteiger partial charge in [-0.3, -0.25) is 4.79 Å². The molecule has 10 heavy (non-hydrogen) atoms. The molecule has 0 saturated carbocycles. The molecule has 1 aliphatic heterocycles. The first kappa shape index (κ1) is 7.54. The van der Waals surface area contributed by atoms with E-state index in [1.165, 1.54) is 0 Å². The van der Waals surface area contributed by atoms with E-state index in [0.29, 0.717) is 6.61 Å². The molecule has 58 valence electrons. The molecule has 2 atom stereocenters. The minimum Gasteiger partial charge on any atom is -0.465 e. The van der Waals surface area contributed by atoms with Crippen molar-refractivity contribution in [3.8, 4) is 0 Å². The van der Waals surface area contributed by atoms with E-state index in [9.17, 15) is 9.90 Å². The lowest BCUT2D eigenvalue weighted by molar-refractivity contribution is -0.165. The normalized spacial score (nSPS) is 41.1. The Morgan fingerprint density at radius 1 is 1.80 bits per heavy atom. The van der Waals surface area contributed by atoms with Gasteiger partial charge in [-0.15, -0.1) is 0 Å². The summed E-state index contributed by atoms with van der Waals surface area (Å²) in [7, 11) is 0. The summed E-state index contributed by atoms with van der Waals surface area (Å²) >= 11 is 0. The lowest BCUT2D eigenvalue weighted by Crippen LogP contribution is -2.43. The number of rotatable bonds is 0. The summed E-state index contributed by atoms with van der Waals surface area (Å²) in [5, 5.41) is 9.51. The molecule has 1 fully saturated rings. The molecule has 0 amide bonds. The Kier molecular flexibility index (Phi) is 1.68. The number of ether oxygens (including phenoxy) is 1. The van der Waals surface area contributed by atoms with Crippen LogP contribution >= 0.6 is 0 Å². The molecule has 3 heteroatoms. The summed E-state index contributed by atoms with van der Waals surface area (Å²) < 4.78 is 4.73. The number of hydrogen-bond acceptors (Lipinski definition) is 3. The van der Waals surface area contributed by atoms with Crippen LogP contribution in [0.25, 0.3) is 0 Å². The van der Waals surface area contributed by atoms with Crippen LogP contribution in [0, 0.1) is 5.92 Å². The van der Waals surface area contributed by atoms with Gasteiger partial charge in [0.05, 0.1) is 18.6 Å². The van der Waals surface area contributed by atoms with E-state index in [4.69, 9.17) is 4.74 Å². The third-order valence-electron chi connectivity index (χ3n) is 2.06. The van der Waals surface area contributed by atoms with E-state index >= 15 is 0 Å². The van der Waals surface area contributed by atoms with Gasteiger partial charge in [-0.2, -0.15) is 0 Å². The van der Waals surface area contributed by atoms with Gasteiger partial charge in [0, 0.05) is 5.92 Å². The zero-order valence-corrected chi connectivity index (χ0v) is 6.26. The summed E-state index contributed by atoms with van der Waals surface area (Å²) in [4.78, 5) is 10.6. The smallest absolute Gasteiger partial charge is 0.308 e. The number of aliphatic hydroxyl groups is 1. The molecule has 0 bridgehead atoms. The molecule has 0 aliphatic carbocycles. The molecule has 0 aromatic heterocycles. The van der Waals surface area contributed by atoms with E-state index < -0.39 is 5.60 Å². The van der Waals surface area contributed by atoms with Crippen molar-refractivity contribution in [2.75, 3.05) is 6.61 Å². The zero-order chi connectivity index (χ0) is 7.78. The van der Waals surface area contributed by atoms with E-state index in [1.54, 1.807) is 6.92 Å². The predicted molar refractivity (Wildman–Crippen MR) is 35.4 cm³/mol. The van der Waals surface area contributed by atoms with Crippen molar-refractivity contribution < 1.29 is 14.6 Å². The Labute approximate surface area is 60.0 Å². The second kappa shape index (κ2) is 2.23. The maximum atomic E-state index is 10.6. The molecule has 1 rings (SSSR count). The van der Waals surface area contributed by atoms with Gasteiger partial charge < -0.3 is 9.84 Å². The van der Waals surface area contributed by atoms with Crippen LogP contribution in [0.4, 0.5) is 0 Å². The van der Waals surface area contributed by atoms with Gasteiger partial charge in [-0.05, 0) is 6.92 Å². The summed E-state index contributed by atoms with van der Waals surface area (Å²) in [6, 6.07) is 0. The van der Waals surface area contributed by atoms with Crippen molar-refractivity contribution in [1.82, 2.24) is 0 Å². The fourth-order valence-corrected chi connectivity index (χ4v) is 0.915. The van der Waals surface area contributed by atoms with E-state index in [2.05, 4.69) is 0 Å². The lowest BCUT2D eigenvalue weighted by atomic mass is 9.87. The Balaban J connectivity index is 2.63. The van der Waals surface area contributed by atoms with Crippen LogP contribution in [-0.4, -0.2) is 23.3 Å². The van der Waals surface area contributed by atoms with Crippen LogP contribution in [0.3, 0.4) is 0 Å². The van der Waals surface area contributed by atoms with Gasteiger partial charge in [0.2, 0.25) is 0 Å². The largest absolute Gasteiger partial charge is 0.465 e. The highest BCUT2D eigenvalue weighted by Crippen LogP contribution is 2.25. The second-order valence-electron chi connectivity index (χ2n) is 3.12. The van der Waals surface area contributed by atoms with Crippen molar-refractivity contribution in [3.63, 3.8) is 0 Å². The topological polar surface area (TPSA) is 46.5 Å². The molecule has 0 radical (unpaired) electrons. The Hall–Kier alpha value is -0.570. The summed E-state index contributed by atoms with van der Waals surface area (Å²) in [5.74, 6) is -0.256.